The molecule has 2 N–H and O–H groups in total. The van der Waals surface area contributed by atoms with Gasteiger partial charge in [-0.05, 0) is 12.1 Å². The van der Waals surface area contributed by atoms with Crippen LogP contribution < -0.4 is 10.1 Å². The summed E-state index contributed by atoms with van der Waals surface area (Å²) in [5, 5.41) is 12.9. The Bertz CT molecular complexity index is 474. The highest BCUT2D eigenvalue weighted by Crippen LogP contribution is 2.19. The van der Waals surface area contributed by atoms with Crippen molar-refractivity contribution in [2.45, 2.75) is 24.9 Å². The Morgan fingerprint density at radius 1 is 1.38 bits per heavy atom. The number of hydrogen-bond donors (Lipinski definition) is 2. The maximum Gasteiger partial charge on any atom is 0.223 e. The van der Waals surface area contributed by atoms with Crippen LogP contribution >= 0.6 is 0 Å². The Labute approximate surface area is 123 Å². The van der Waals surface area contributed by atoms with Crippen LogP contribution in [-0.2, 0) is 9.53 Å². The van der Waals surface area contributed by atoms with Gasteiger partial charge in [-0.25, -0.2) is 4.39 Å². The smallest absolute Gasteiger partial charge is 0.223 e. The highest BCUT2D eigenvalue weighted by molar-refractivity contribution is 5.76. The normalized spacial score (nSPS) is 17.2. The molecular formula is C15H20FNO4. The van der Waals surface area contributed by atoms with Crippen molar-refractivity contribution in [2.75, 3.05) is 26.4 Å². The van der Waals surface area contributed by atoms with Gasteiger partial charge in [0.1, 0.15) is 0 Å². The van der Waals surface area contributed by atoms with E-state index in [9.17, 15) is 14.3 Å². The fraction of sp³-hybridized carbons (Fsp3) is 0.533. The van der Waals surface area contributed by atoms with E-state index in [1.807, 2.05) is 0 Å². The first-order valence-corrected chi connectivity index (χ1v) is 7.03. The number of halogens is 1. The number of carbonyl (C=O) groups is 1. The van der Waals surface area contributed by atoms with Crippen molar-refractivity contribution in [2.24, 2.45) is 0 Å². The van der Waals surface area contributed by atoms with Crippen LogP contribution in [0, 0.1) is 5.82 Å². The van der Waals surface area contributed by atoms with E-state index in [0.29, 0.717) is 26.1 Å². The van der Waals surface area contributed by atoms with Crippen LogP contribution in [0.2, 0.25) is 0 Å². The molecule has 116 valence electrons. The highest BCUT2D eigenvalue weighted by Gasteiger charge is 2.29. The lowest BCUT2D eigenvalue weighted by atomic mass is 9.94. The monoisotopic (exact) mass is 297 g/mol. The van der Waals surface area contributed by atoms with Crippen LogP contribution in [0.1, 0.15) is 19.3 Å². The molecule has 0 radical (unpaired) electrons. The topological polar surface area (TPSA) is 67.8 Å². The molecule has 0 atom stereocenters. The zero-order chi connectivity index (χ0) is 15.1. The van der Waals surface area contributed by atoms with Crippen LogP contribution in [0.4, 0.5) is 4.39 Å². The zero-order valence-corrected chi connectivity index (χ0v) is 11.8. The van der Waals surface area contributed by atoms with Crippen LogP contribution in [0.15, 0.2) is 24.3 Å². The van der Waals surface area contributed by atoms with E-state index in [1.54, 1.807) is 12.1 Å². The summed E-state index contributed by atoms with van der Waals surface area (Å²) in [6.45, 7) is 1.30. The summed E-state index contributed by atoms with van der Waals surface area (Å²) >= 11 is 0. The molecule has 0 aromatic heterocycles. The Hall–Kier alpha value is -1.66. The van der Waals surface area contributed by atoms with Crippen molar-refractivity contribution in [3.8, 4) is 5.75 Å². The maximum atomic E-state index is 13.3. The third-order valence-electron chi connectivity index (χ3n) is 3.46. The second-order valence-corrected chi connectivity index (χ2v) is 5.14. The Balaban J connectivity index is 1.67. The molecule has 1 aliphatic heterocycles. The minimum atomic E-state index is -0.889. The summed E-state index contributed by atoms with van der Waals surface area (Å²) in [6, 6.07) is 6.05. The quantitative estimate of drug-likeness (QED) is 0.829. The SMILES string of the molecule is O=C(CCOc1ccccc1F)NCC1(O)CCOCC1. The molecule has 1 heterocycles. The van der Waals surface area contributed by atoms with E-state index in [0.717, 1.165) is 0 Å². The van der Waals surface area contributed by atoms with Gasteiger partial charge in [0.2, 0.25) is 5.91 Å². The van der Waals surface area contributed by atoms with Crippen LogP contribution in [0.25, 0.3) is 0 Å². The average molecular weight is 297 g/mol. The van der Waals surface area contributed by atoms with Gasteiger partial charge in [-0.1, -0.05) is 12.1 Å². The van der Waals surface area contributed by atoms with E-state index in [2.05, 4.69) is 5.32 Å². The third kappa shape index (κ3) is 4.99. The molecule has 0 saturated carbocycles. The third-order valence-corrected chi connectivity index (χ3v) is 3.46. The van der Waals surface area contributed by atoms with Gasteiger partial charge < -0.3 is 19.9 Å². The second-order valence-electron chi connectivity index (χ2n) is 5.14. The molecular weight excluding hydrogens is 277 g/mol. The molecule has 0 aliphatic carbocycles. The van der Waals surface area contributed by atoms with E-state index >= 15 is 0 Å². The molecule has 1 fully saturated rings. The van der Waals surface area contributed by atoms with E-state index in [1.165, 1.54) is 12.1 Å². The Morgan fingerprint density at radius 2 is 2.10 bits per heavy atom. The molecule has 0 spiro atoms. The lowest BCUT2D eigenvalue weighted by molar-refractivity contribution is -0.124. The number of amides is 1. The standard InChI is InChI=1S/C15H20FNO4/c16-12-3-1-2-4-13(12)21-8-5-14(18)17-11-15(19)6-9-20-10-7-15/h1-4,19H,5-11H2,(H,17,18). The first-order valence-electron chi connectivity index (χ1n) is 7.03. The van der Waals surface area contributed by atoms with Crippen LogP contribution in [-0.4, -0.2) is 43.0 Å². The molecule has 2 rings (SSSR count). The average Bonchev–Trinajstić information content (AvgIpc) is 2.48. The van der Waals surface area contributed by atoms with Crippen molar-refractivity contribution in [3.05, 3.63) is 30.1 Å². The second kappa shape index (κ2) is 7.38. The summed E-state index contributed by atoms with van der Waals surface area (Å²) in [6.07, 6.45) is 1.14. The number of aliphatic hydroxyl groups is 1. The van der Waals surface area contributed by atoms with Gasteiger partial charge in [0.05, 0.1) is 18.6 Å². The van der Waals surface area contributed by atoms with Gasteiger partial charge in [-0.3, -0.25) is 4.79 Å². The molecule has 1 aromatic rings. The van der Waals surface area contributed by atoms with Crippen molar-refractivity contribution in [1.82, 2.24) is 5.32 Å². The summed E-state index contributed by atoms with van der Waals surface area (Å²) in [4.78, 5) is 11.7. The van der Waals surface area contributed by atoms with Gasteiger partial charge in [0, 0.05) is 32.6 Å². The lowest BCUT2D eigenvalue weighted by Crippen LogP contribution is -2.46. The zero-order valence-electron chi connectivity index (χ0n) is 11.8. The van der Waals surface area contributed by atoms with E-state index < -0.39 is 11.4 Å². The predicted octanol–water partition coefficient (Wildman–Crippen LogP) is 1.25. The van der Waals surface area contributed by atoms with Crippen molar-refractivity contribution < 1.29 is 23.8 Å². The van der Waals surface area contributed by atoms with Gasteiger partial charge in [-0.15, -0.1) is 0 Å². The first kappa shape index (κ1) is 15.7. The summed E-state index contributed by atoms with van der Waals surface area (Å²) < 4.78 is 23.7. The fourth-order valence-electron chi connectivity index (χ4n) is 2.10. The van der Waals surface area contributed by atoms with E-state index in [-0.39, 0.29) is 31.2 Å². The molecule has 1 aliphatic rings. The molecule has 1 amide bonds. The van der Waals surface area contributed by atoms with Gasteiger partial charge in [-0.2, -0.15) is 0 Å². The summed E-state index contributed by atoms with van der Waals surface area (Å²) in [7, 11) is 0. The van der Waals surface area contributed by atoms with Crippen LogP contribution in [0.3, 0.4) is 0 Å². The maximum absolute atomic E-state index is 13.3. The van der Waals surface area contributed by atoms with Gasteiger partial charge >= 0.3 is 0 Å². The molecule has 1 aromatic carbocycles. The number of nitrogens with one attached hydrogen (secondary N) is 1. The van der Waals surface area contributed by atoms with Crippen LogP contribution in [0.5, 0.6) is 5.75 Å². The Morgan fingerprint density at radius 3 is 2.81 bits per heavy atom. The molecule has 6 heteroatoms. The van der Waals surface area contributed by atoms with Crippen molar-refractivity contribution in [1.29, 1.82) is 0 Å². The van der Waals surface area contributed by atoms with Gasteiger partial charge in [0.25, 0.3) is 0 Å². The number of ether oxygens (including phenoxy) is 2. The molecule has 5 nitrogen and oxygen atoms in total. The Kier molecular flexibility index (Phi) is 5.52. The molecule has 0 bridgehead atoms. The minimum absolute atomic E-state index is 0.0916. The molecule has 1 saturated heterocycles. The van der Waals surface area contributed by atoms with Crippen molar-refractivity contribution in [3.63, 3.8) is 0 Å². The number of hydrogen-bond acceptors (Lipinski definition) is 4. The van der Waals surface area contributed by atoms with Gasteiger partial charge in [0.15, 0.2) is 11.6 Å². The first-order chi connectivity index (χ1) is 10.1. The summed E-state index contributed by atoms with van der Waals surface area (Å²) in [5.74, 6) is -0.547. The minimum Gasteiger partial charge on any atom is -0.490 e. The molecule has 0 unspecified atom stereocenters. The number of carbonyl (C=O) groups excluding carboxylic acids is 1. The fourth-order valence-corrected chi connectivity index (χ4v) is 2.10. The highest BCUT2D eigenvalue weighted by atomic mass is 19.1. The van der Waals surface area contributed by atoms with Crippen molar-refractivity contribution >= 4 is 5.91 Å². The molecule has 21 heavy (non-hydrogen) atoms. The largest absolute Gasteiger partial charge is 0.490 e. The number of benzene rings is 1. The lowest BCUT2D eigenvalue weighted by Gasteiger charge is -2.32. The number of para-hydroxylation sites is 1. The summed E-state index contributed by atoms with van der Waals surface area (Å²) in [5.41, 5.74) is -0.889. The predicted molar refractivity (Wildman–Crippen MR) is 74.5 cm³/mol. The van der Waals surface area contributed by atoms with E-state index in [4.69, 9.17) is 9.47 Å². The number of rotatable bonds is 6.